The molecule has 1 heterocycles. The second-order valence-electron chi connectivity index (χ2n) is 4.35. The molecule has 21 heavy (non-hydrogen) atoms. The molecule has 0 atom stereocenters. The van der Waals surface area contributed by atoms with Gasteiger partial charge in [-0.2, -0.15) is 0 Å². The maximum Gasteiger partial charge on any atom is 0.123 e. The molecule has 0 amide bonds. The van der Waals surface area contributed by atoms with E-state index in [2.05, 4.69) is 32.4 Å². The van der Waals surface area contributed by atoms with Gasteiger partial charge in [-0.1, -0.05) is 34.1 Å². The highest BCUT2D eigenvalue weighted by atomic mass is 79.9. The third-order valence-electron chi connectivity index (χ3n) is 2.88. The summed E-state index contributed by atoms with van der Waals surface area (Å²) in [5.74, 6) is 0.589. The van der Waals surface area contributed by atoms with Gasteiger partial charge in [0.15, 0.2) is 0 Å². The number of benzene rings is 2. The first-order valence-corrected chi connectivity index (χ1v) is 8.96. The fraction of sp³-hybridized carbons (Fsp3) is 0.0625. The summed E-state index contributed by atoms with van der Waals surface area (Å²) in [4.78, 5) is 5.72. The fourth-order valence-electron chi connectivity index (χ4n) is 1.85. The van der Waals surface area contributed by atoms with E-state index in [4.69, 9.17) is 0 Å². The van der Waals surface area contributed by atoms with E-state index < -0.39 is 0 Å². The average Bonchev–Trinajstić information content (AvgIpc) is 2.96. The van der Waals surface area contributed by atoms with Crippen LogP contribution in [0.1, 0.15) is 5.01 Å². The van der Waals surface area contributed by atoms with Crippen LogP contribution in [0.5, 0.6) is 0 Å². The molecule has 3 aromatic rings. The van der Waals surface area contributed by atoms with Crippen molar-refractivity contribution in [3.05, 3.63) is 69.2 Å². The Morgan fingerprint density at radius 1 is 1.10 bits per heavy atom. The standard InChI is InChI=1S/C16H11BrFNS2/c17-14-4-2-1-3-13(14)15-9-21-16(19-15)10-20-12-7-5-11(18)6-8-12/h1-9H,10H2. The molecule has 0 fully saturated rings. The van der Waals surface area contributed by atoms with Crippen LogP contribution >= 0.6 is 39.0 Å². The number of thiazole rings is 1. The van der Waals surface area contributed by atoms with Crippen molar-refractivity contribution in [3.8, 4) is 11.3 Å². The largest absolute Gasteiger partial charge is 0.240 e. The van der Waals surface area contributed by atoms with Crippen LogP contribution in [-0.4, -0.2) is 4.98 Å². The summed E-state index contributed by atoms with van der Waals surface area (Å²) in [6.45, 7) is 0. The van der Waals surface area contributed by atoms with Crippen LogP contribution < -0.4 is 0 Å². The highest BCUT2D eigenvalue weighted by Gasteiger charge is 2.08. The first-order chi connectivity index (χ1) is 10.2. The lowest BCUT2D eigenvalue weighted by molar-refractivity contribution is 0.626. The monoisotopic (exact) mass is 379 g/mol. The molecule has 106 valence electrons. The van der Waals surface area contributed by atoms with Crippen molar-refractivity contribution < 1.29 is 4.39 Å². The number of rotatable bonds is 4. The molecule has 3 rings (SSSR count). The van der Waals surface area contributed by atoms with E-state index in [1.165, 1.54) is 12.1 Å². The van der Waals surface area contributed by atoms with E-state index in [1.54, 1.807) is 35.2 Å². The normalized spacial score (nSPS) is 10.8. The summed E-state index contributed by atoms with van der Waals surface area (Å²) < 4.78 is 13.9. The number of halogens is 2. The Labute approximate surface area is 139 Å². The molecule has 0 radical (unpaired) electrons. The van der Waals surface area contributed by atoms with Crippen LogP contribution in [0.3, 0.4) is 0 Å². The van der Waals surface area contributed by atoms with Gasteiger partial charge in [-0.25, -0.2) is 9.37 Å². The van der Waals surface area contributed by atoms with Gasteiger partial charge in [0.05, 0.1) is 11.4 Å². The summed E-state index contributed by atoms with van der Waals surface area (Å²) in [5.41, 5.74) is 2.09. The molecule has 0 aliphatic carbocycles. The van der Waals surface area contributed by atoms with Crippen molar-refractivity contribution in [1.29, 1.82) is 0 Å². The van der Waals surface area contributed by atoms with Crippen molar-refractivity contribution in [2.45, 2.75) is 10.6 Å². The first kappa shape index (κ1) is 14.8. The molecule has 1 aromatic heterocycles. The first-order valence-electron chi connectivity index (χ1n) is 6.30. The molecule has 0 saturated heterocycles. The van der Waals surface area contributed by atoms with E-state index in [0.717, 1.165) is 31.4 Å². The Morgan fingerprint density at radius 3 is 2.62 bits per heavy atom. The minimum Gasteiger partial charge on any atom is -0.240 e. The summed E-state index contributed by atoms with van der Waals surface area (Å²) in [5, 5.41) is 3.13. The molecule has 0 aliphatic heterocycles. The predicted octanol–water partition coefficient (Wildman–Crippen LogP) is 6.00. The van der Waals surface area contributed by atoms with Crippen LogP contribution in [0.15, 0.2) is 63.3 Å². The number of hydrogen-bond acceptors (Lipinski definition) is 3. The Morgan fingerprint density at radius 2 is 1.86 bits per heavy atom. The van der Waals surface area contributed by atoms with Gasteiger partial charge in [0.25, 0.3) is 0 Å². The predicted molar refractivity (Wildman–Crippen MR) is 91.2 cm³/mol. The highest BCUT2D eigenvalue weighted by molar-refractivity contribution is 9.10. The van der Waals surface area contributed by atoms with Crippen LogP contribution in [0.25, 0.3) is 11.3 Å². The molecular weight excluding hydrogens is 369 g/mol. The van der Waals surface area contributed by atoms with Crippen LogP contribution in [0.2, 0.25) is 0 Å². The molecule has 1 nitrogen and oxygen atoms in total. The molecule has 0 aliphatic rings. The van der Waals surface area contributed by atoms with Crippen molar-refractivity contribution >= 4 is 39.0 Å². The van der Waals surface area contributed by atoms with E-state index in [0.29, 0.717) is 0 Å². The van der Waals surface area contributed by atoms with E-state index in [1.807, 2.05) is 18.2 Å². The third-order valence-corrected chi connectivity index (χ3v) is 5.62. The lowest BCUT2D eigenvalue weighted by Gasteiger charge is -2.00. The van der Waals surface area contributed by atoms with E-state index in [9.17, 15) is 4.39 Å². The molecule has 2 aromatic carbocycles. The molecule has 0 bridgehead atoms. The van der Waals surface area contributed by atoms with Gasteiger partial charge in [0.2, 0.25) is 0 Å². The average molecular weight is 380 g/mol. The quantitative estimate of drug-likeness (QED) is 0.515. The number of nitrogens with zero attached hydrogens (tertiary/aromatic N) is 1. The SMILES string of the molecule is Fc1ccc(SCc2nc(-c3ccccc3Br)cs2)cc1. The maximum absolute atomic E-state index is 12.9. The Kier molecular flexibility index (Phi) is 4.73. The topological polar surface area (TPSA) is 12.9 Å². The molecule has 0 saturated carbocycles. The van der Waals surface area contributed by atoms with Gasteiger partial charge in [0.1, 0.15) is 10.8 Å². The second-order valence-corrected chi connectivity index (χ2v) is 7.19. The molecule has 0 spiro atoms. The van der Waals surface area contributed by atoms with Crippen LogP contribution in [0, 0.1) is 5.82 Å². The van der Waals surface area contributed by atoms with Crippen LogP contribution in [-0.2, 0) is 5.75 Å². The van der Waals surface area contributed by atoms with Gasteiger partial charge in [0, 0.05) is 20.3 Å². The smallest absolute Gasteiger partial charge is 0.123 e. The number of thioether (sulfide) groups is 1. The Hall–Kier alpha value is -1.17. The van der Waals surface area contributed by atoms with Crippen molar-refractivity contribution in [3.63, 3.8) is 0 Å². The highest BCUT2D eigenvalue weighted by Crippen LogP contribution is 2.31. The summed E-state index contributed by atoms with van der Waals surface area (Å²) in [6.07, 6.45) is 0. The molecule has 5 heteroatoms. The minimum absolute atomic E-state index is 0.204. The molecule has 0 N–H and O–H groups in total. The number of aromatic nitrogens is 1. The van der Waals surface area contributed by atoms with Gasteiger partial charge in [-0.15, -0.1) is 23.1 Å². The van der Waals surface area contributed by atoms with Crippen molar-refractivity contribution in [1.82, 2.24) is 4.98 Å². The number of hydrogen-bond donors (Lipinski definition) is 0. The zero-order valence-electron chi connectivity index (χ0n) is 10.9. The van der Waals surface area contributed by atoms with Crippen molar-refractivity contribution in [2.24, 2.45) is 0 Å². The van der Waals surface area contributed by atoms with Crippen molar-refractivity contribution in [2.75, 3.05) is 0 Å². The van der Waals surface area contributed by atoms with E-state index in [-0.39, 0.29) is 5.82 Å². The zero-order chi connectivity index (χ0) is 14.7. The van der Waals surface area contributed by atoms with Gasteiger partial charge in [-0.3, -0.25) is 0 Å². The maximum atomic E-state index is 12.9. The lowest BCUT2D eigenvalue weighted by Crippen LogP contribution is -1.83. The second kappa shape index (κ2) is 6.73. The van der Waals surface area contributed by atoms with E-state index >= 15 is 0 Å². The van der Waals surface area contributed by atoms with Gasteiger partial charge in [-0.05, 0) is 30.3 Å². The Balaban J connectivity index is 1.71. The fourth-order valence-corrected chi connectivity index (χ4v) is 4.04. The van der Waals surface area contributed by atoms with Gasteiger partial charge >= 0.3 is 0 Å². The summed E-state index contributed by atoms with van der Waals surface area (Å²) in [7, 11) is 0. The minimum atomic E-state index is -0.204. The molecular formula is C16H11BrFNS2. The summed E-state index contributed by atoms with van der Waals surface area (Å²) >= 11 is 6.86. The van der Waals surface area contributed by atoms with Gasteiger partial charge < -0.3 is 0 Å². The summed E-state index contributed by atoms with van der Waals surface area (Å²) in [6, 6.07) is 14.6. The Bertz CT molecular complexity index is 740. The lowest BCUT2D eigenvalue weighted by atomic mass is 10.2. The van der Waals surface area contributed by atoms with Crippen LogP contribution in [0.4, 0.5) is 4.39 Å². The third kappa shape index (κ3) is 3.73. The molecule has 0 unspecified atom stereocenters. The zero-order valence-corrected chi connectivity index (χ0v) is 14.1.